The normalized spacial score (nSPS) is 11.9. The molecule has 0 fully saturated rings. The van der Waals surface area contributed by atoms with Gasteiger partial charge in [-0.2, -0.15) is 0 Å². The van der Waals surface area contributed by atoms with Crippen LogP contribution in [-0.4, -0.2) is 10.9 Å². The Hall–Kier alpha value is -3.21. The van der Waals surface area contributed by atoms with Crippen molar-refractivity contribution in [3.63, 3.8) is 0 Å². The van der Waals surface area contributed by atoms with Crippen molar-refractivity contribution in [3.05, 3.63) is 82.4 Å². The fraction of sp³-hybridized carbons (Fsp3) is 0.150. The molecule has 0 N–H and O–H groups in total. The predicted molar refractivity (Wildman–Crippen MR) is 95.7 cm³/mol. The molecule has 0 aliphatic rings. The molecular formula is C20H17NO4. The van der Waals surface area contributed by atoms with E-state index in [-0.39, 0.29) is 24.0 Å². The number of carbonyl (C=O) groups excluding carboxylic acids is 1. The Morgan fingerprint density at radius 2 is 1.72 bits per heavy atom. The van der Waals surface area contributed by atoms with Gasteiger partial charge in [-0.1, -0.05) is 49.4 Å². The molecule has 0 aromatic heterocycles. The molecule has 0 spiro atoms. The van der Waals surface area contributed by atoms with Crippen LogP contribution in [0.5, 0.6) is 5.75 Å². The molecule has 3 aromatic rings. The van der Waals surface area contributed by atoms with E-state index >= 15 is 0 Å². The molecule has 5 nitrogen and oxygen atoms in total. The van der Waals surface area contributed by atoms with Crippen molar-refractivity contribution in [2.75, 3.05) is 0 Å². The minimum atomic E-state index is -0.492. The molecule has 0 saturated carbocycles. The van der Waals surface area contributed by atoms with Crippen LogP contribution in [0, 0.1) is 10.1 Å². The van der Waals surface area contributed by atoms with E-state index in [1.165, 1.54) is 24.3 Å². The number of rotatable bonds is 5. The third-order valence-electron chi connectivity index (χ3n) is 4.11. The van der Waals surface area contributed by atoms with Gasteiger partial charge in [0.25, 0.3) is 5.69 Å². The van der Waals surface area contributed by atoms with Crippen LogP contribution in [-0.2, 0) is 4.79 Å². The van der Waals surface area contributed by atoms with Crippen molar-refractivity contribution in [2.24, 2.45) is 0 Å². The number of esters is 1. The fourth-order valence-corrected chi connectivity index (χ4v) is 2.85. The van der Waals surface area contributed by atoms with Crippen LogP contribution in [0.2, 0.25) is 0 Å². The van der Waals surface area contributed by atoms with E-state index in [9.17, 15) is 14.9 Å². The highest BCUT2D eigenvalue weighted by atomic mass is 16.6. The second-order valence-electron chi connectivity index (χ2n) is 5.90. The summed E-state index contributed by atoms with van der Waals surface area (Å²) in [6.07, 6.45) is 0.227. The highest BCUT2D eigenvalue weighted by molar-refractivity contribution is 5.86. The van der Waals surface area contributed by atoms with Gasteiger partial charge in [0.1, 0.15) is 5.75 Å². The van der Waals surface area contributed by atoms with E-state index < -0.39 is 4.92 Å². The number of carbonyl (C=O) groups is 1. The van der Waals surface area contributed by atoms with Crippen LogP contribution < -0.4 is 4.74 Å². The van der Waals surface area contributed by atoms with Crippen molar-refractivity contribution in [1.82, 2.24) is 0 Å². The molecule has 0 aliphatic heterocycles. The lowest BCUT2D eigenvalue weighted by atomic mass is 9.92. The van der Waals surface area contributed by atoms with Gasteiger partial charge in [-0.15, -0.1) is 0 Å². The van der Waals surface area contributed by atoms with Gasteiger partial charge in [0.15, 0.2) is 0 Å². The topological polar surface area (TPSA) is 69.4 Å². The summed E-state index contributed by atoms with van der Waals surface area (Å²) in [6.45, 7) is 1.98. The van der Waals surface area contributed by atoms with Gasteiger partial charge >= 0.3 is 5.97 Å². The number of ether oxygens (including phenoxy) is 1. The van der Waals surface area contributed by atoms with Gasteiger partial charge < -0.3 is 4.74 Å². The Kier molecular flexibility index (Phi) is 4.75. The molecule has 3 aromatic carbocycles. The summed E-state index contributed by atoms with van der Waals surface area (Å²) in [6, 6.07) is 19.6. The molecule has 0 unspecified atom stereocenters. The summed E-state index contributed by atoms with van der Waals surface area (Å²) >= 11 is 0. The van der Waals surface area contributed by atoms with E-state index in [0.717, 1.165) is 16.3 Å². The first kappa shape index (κ1) is 16.6. The van der Waals surface area contributed by atoms with Gasteiger partial charge in [0, 0.05) is 12.1 Å². The second-order valence-corrected chi connectivity index (χ2v) is 5.90. The smallest absolute Gasteiger partial charge is 0.311 e. The van der Waals surface area contributed by atoms with Crippen molar-refractivity contribution < 1.29 is 14.5 Å². The lowest BCUT2D eigenvalue weighted by molar-refractivity contribution is -0.384. The zero-order chi connectivity index (χ0) is 17.8. The first-order valence-corrected chi connectivity index (χ1v) is 7.97. The van der Waals surface area contributed by atoms with E-state index in [2.05, 4.69) is 0 Å². The summed E-state index contributed by atoms with van der Waals surface area (Å²) < 4.78 is 5.29. The molecule has 0 saturated heterocycles. The Bertz CT molecular complexity index is 913. The zero-order valence-corrected chi connectivity index (χ0v) is 13.7. The van der Waals surface area contributed by atoms with E-state index in [4.69, 9.17) is 4.74 Å². The third-order valence-corrected chi connectivity index (χ3v) is 4.11. The monoisotopic (exact) mass is 335 g/mol. The molecule has 25 heavy (non-hydrogen) atoms. The largest absolute Gasteiger partial charge is 0.427 e. The summed E-state index contributed by atoms with van der Waals surface area (Å²) in [5.41, 5.74) is 1.06. The molecule has 5 heteroatoms. The minimum absolute atomic E-state index is 0.00310. The van der Waals surface area contributed by atoms with Gasteiger partial charge in [0.2, 0.25) is 0 Å². The number of hydrogen-bond acceptors (Lipinski definition) is 4. The summed E-state index contributed by atoms with van der Waals surface area (Å²) in [5.74, 6) is -0.0633. The molecule has 0 bridgehead atoms. The SMILES string of the molecule is C[C@H](CC(=O)Oc1ccc([N+](=O)[O-])cc1)c1cccc2ccccc12. The number of non-ortho nitro benzene ring substituents is 1. The number of fused-ring (bicyclic) bond motifs is 1. The molecule has 0 heterocycles. The first-order chi connectivity index (χ1) is 12.0. The van der Waals surface area contributed by atoms with Crippen LogP contribution in [0.4, 0.5) is 5.69 Å². The van der Waals surface area contributed by atoms with Crippen LogP contribution in [0.15, 0.2) is 66.7 Å². The highest BCUT2D eigenvalue weighted by Gasteiger charge is 2.16. The first-order valence-electron chi connectivity index (χ1n) is 7.97. The molecule has 1 atom stereocenters. The van der Waals surface area contributed by atoms with E-state index in [1.54, 1.807) is 0 Å². The Morgan fingerprint density at radius 3 is 2.44 bits per heavy atom. The fourth-order valence-electron chi connectivity index (χ4n) is 2.85. The standard InChI is InChI=1S/C20H17NO4/c1-14(18-8-4-6-15-5-2-3-7-19(15)18)13-20(22)25-17-11-9-16(10-12-17)21(23)24/h2-12,14H,13H2,1H3/t14-/m1/s1. The zero-order valence-electron chi connectivity index (χ0n) is 13.7. The summed E-state index contributed by atoms with van der Waals surface area (Å²) in [4.78, 5) is 22.3. The van der Waals surface area contributed by atoms with Crippen LogP contribution in [0.3, 0.4) is 0 Å². The van der Waals surface area contributed by atoms with Crippen LogP contribution >= 0.6 is 0 Å². The minimum Gasteiger partial charge on any atom is -0.427 e. The van der Waals surface area contributed by atoms with E-state index in [0.29, 0.717) is 5.75 Å². The predicted octanol–water partition coefficient (Wildman–Crippen LogP) is 4.85. The Morgan fingerprint density at radius 1 is 1.04 bits per heavy atom. The van der Waals surface area contributed by atoms with Crippen molar-refractivity contribution in [1.29, 1.82) is 0 Å². The van der Waals surface area contributed by atoms with Crippen molar-refractivity contribution in [2.45, 2.75) is 19.3 Å². The second kappa shape index (κ2) is 7.13. The Balaban J connectivity index is 1.70. The van der Waals surface area contributed by atoms with Gasteiger partial charge in [-0.25, -0.2) is 0 Å². The number of nitro groups is 1. The van der Waals surface area contributed by atoms with Gasteiger partial charge in [-0.3, -0.25) is 14.9 Å². The number of hydrogen-bond donors (Lipinski definition) is 0. The van der Waals surface area contributed by atoms with Crippen molar-refractivity contribution in [3.8, 4) is 5.75 Å². The molecule has 126 valence electrons. The van der Waals surface area contributed by atoms with Gasteiger partial charge in [-0.05, 0) is 34.4 Å². The quantitative estimate of drug-likeness (QED) is 0.289. The maximum atomic E-state index is 12.2. The summed E-state index contributed by atoms with van der Waals surface area (Å²) in [7, 11) is 0. The molecule has 0 amide bonds. The van der Waals surface area contributed by atoms with E-state index in [1.807, 2.05) is 49.4 Å². The molecular weight excluding hydrogens is 318 g/mol. The van der Waals surface area contributed by atoms with Crippen LogP contribution in [0.25, 0.3) is 10.8 Å². The molecule has 0 radical (unpaired) electrons. The van der Waals surface area contributed by atoms with Crippen molar-refractivity contribution >= 4 is 22.4 Å². The summed E-state index contributed by atoms with van der Waals surface area (Å²) in [5, 5.41) is 12.9. The third kappa shape index (κ3) is 3.83. The maximum Gasteiger partial charge on any atom is 0.311 e. The average molecular weight is 335 g/mol. The maximum absolute atomic E-state index is 12.2. The number of nitrogens with zero attached hydrogens (tertiary/aromatic N) is 1. The highest BCUT2D eigenvalue weighted by Crippen LogP contribution is 2.28. The lowest BCUT2D eigenvalue weighted by Gasteiger charge is -2.14. The average Bonchev–Trinajstić information content (AvgIpc) is 2.61. The van der Waals surface area contributed by atoms with Gasteiger partial charge in [0.05, 0.1) is 11.3 Å². The van der Waals surface area contributed by atoms with Crippen LogP contribution in [0.1, 0.15) is 24.8 Å². The number of nitro benzene ring substituents is 1. The lowest BCUT2D eigenvalue weighted by Crippen LogP contribution is -2.11. The molecule has 3 rings (SSSR count). The Labute approximate surface area is 145 Å². The number of benzene rings is 3. The molecule has 0 aliphatic carbocycles.